The number of carbonyl (C=O) groups excluding carboxylic acids is 1. The Balaban J connectivity index is 2.12. The van der Waals surface area contributed by atoms with Gasteiger partial charge in [0.2, 0.25) is 0 Å². The maximum atomic E-state index is 11.9. The number of nitrogens with zero attached hydrogens (tertiary/aromatic N) is 1. The van der Waals surface area contributed by atoms with Crippen molar-refractivity contribution in [1.82, 2.24) is 5.32 Å². The minimum absolute atomic E-state index is 0.0265. The third-order valence-electron chi connectivity index (χ3n) is 3.44. The van der Waals surface area contributed by atoms with Crippen LogP contribution in [0.5, 0.6) is 0 Å². The third-order valence-corrected chi connectivity index (χ3v) is 3.44. The second-order valence-corrected chi connectivity index (χ2v) is 4.54. The quantitative estimate of drug-likeness (QED) is 0.726. The molecule has 0 radical (unpaired) electrons. The number of hydrogen-bond acceptors (Lipinski definition) is 3. The highest BCUT2D eigenvalue weighted by molar-refractivity contribution is 6.08. The molecule has 15 heavy (non-hydrogen) atoms. The molecule has 1 aliphatic carbocycles. The summed E-state index contributed by atoms with van der Waals surface area (Å²) >= 11 is 0. The molecular formula is C11H19N3O. The van der Waals surface area contributed by atoms with E-state index >= 15 is 0 Å². The van der Waals surface area contributed by atoms with Crippen molar-refractivity contribution in [3.8, 4) is 0 Å². The Morgan fingerprint density at radius 3 is 3.07 bits per heavy atom. The molecule has 84 valence electrons. The molecule has 4 heteroatoms. The van der Waals surface area contributed by atoms with Crippen molar-refractivity contribution < 1.29 is 4.79 Å². The lowest BCUT2D eigenvalue weighted by Crippen LogP contribution is -2.49. The summed E-state index contributed by atoms with van der Waals surface area (Å²) in [6.07, 6.45) is 5.81. The fraction of sp³-hybridized carbons (Fsp3) is 0.818. The summed E-state index contributed by atoms with van der Waals surface area (Å²) in [4.78, 5) is 16.4. The third kappa shape index (κ3) is 1.67. The maximum Gasteiger partial charge on any atom is 0.254 e. The van der Waals surface area contributed by atoms with Crippen LogP contribution in [0.3, 0.4) is 0 Å². The Morgan fingerprint density at radius 2 is 2.47 bits per heavy atom. The van der Waals surface area contributed by atoms with E-state index in [1.165, 1.54) is 0 Å². The van der Waals surface area contributed by atoms with Crippen LogP contribution >= 0.6 is 0 Å². The number of nitrogens with two attached hydrogens (primary N) is 1. The molecule has 0 aromatic carbocycles. The second kappa shape index (κ2) is 3.93. The van der Waals surface area contributed by atoms with Crippen molar-refractivity contribution in [2.24, 2.45) is 10.7 Å². The Hall–Kier alpha value is -0.900. The Morgan fingerprint density at radius 1 is 1.67 bits per heavy atom. The van der Waals surface area contributed by atoms with Gasteiger partial charge in [-0.25, -0.2) is 0 Å². The van der Waals surface area contributed by atoms with Crippen molar-refractivity contribution in [3.63, 3.8) is 0 Å². The molecule has 3 N–H and O–H groups in total. The van der Waals surface area contributed by atoms with Crippen LogP contribution in [0, 0.1) is 0 Å². The molecular weight excluding hydrogens is 190 g/mol. The van der Waals surface area contributed by atoms with Gasteiger partial charge in [0.15, 0.2) is 5.54 Å². The highest BCUT2D eigenvalue weighted by Gasteiger charge is 2.50. The Kier molecular flexibility index (Phi) is 2.78. The summed E-state index contributed by atoms with van der Waals surface area (Å²) < 4.78 is 0. The van der Waals surface area contributed by atoms with Crippen molar-refractivity contribution in [2.75, 3.05) is 0 Å². The van der Waals surface area contributed by atoms with Crippen molar-refractivity contribution >= 4 is 11.7 Å². The lowest BCUT2D eigenvalue weighted by Gasteiger charge is -2.21. The average Bonchev–Trinajstić information content (AvgIpc) is 2.72. The van der Waals surface area contributed by atoms with Crippen LogP contribution in [0.25, 0.3) is 0 Å². The van der Waals surface area contributed by atoms with Crippen LogP contribution in [-0.4, -0.2) is 23.3 Å². The maximum absolute atomic E-state index is 11.9. The smallest absolute Gasteiger partial charge is 0.254 e. The first-order chi connectivity index (χ1) is 7.19. The Labute approximate surface area is 90.3 Å². The highest BCUT2D eigenvalue weighted by Crippen LogP contribution is 2.35. The molecule has 1 aliphatic heterocycles. The first-order valence-corrected chi connectivity index (χ1v) is 5.85. The van der Waals surface area contributed by atoms with Crippen molar-refractivity contribution in [3.05, 3.63) is 0 Å². The van der Waals surface area contributed by atoms with Crippen LogP contribution in [-0.2, 0) is 4.79 Å². The van der Waals surface area contributed by atoms with E-state index in [-0.39, 0.29) is 11.9 Å². The molecule has 0 aromatic heterocycles. The largest absolute Gasteiger partial charge is 0.325 e. The molecule has 2 aliphatic rings. The number of aliphatic imine (C=N–C) groups is 1. The second-order valence-electron chi connectivity index (χ2n) is 4.54. The average molecular weight is 209 g/mol. The molecule has 0 bridgehead atoms. The lowest BCUT2D eigenvalue weighted by molar-refractivity contribution is -0.123. The van der Waals surface area contributed by atoms with E-state index in [2.05, 4.69) is 17.2 Å². The zero-order valence-corrected chi connectivity index (χ0v) is 9.25. The van der Waals surface area contributed by atoms with E-state index in [4.69, 9.17) is 5.73 Å². The van der Waals surface area contributed by atoms with Gasteiger partial charge in [-0.1, -0.05) is 13.3 Å². The van der Waals surface area contributed by atoms with Crippen LogP contribution in [0.2, 0.25) is 0 Å². The van der Waals surface area contributed by atoms with E-state index in [0.29, 0.717) is 0 Å². The van der Waals surface area contributed by atoms with Crippen molar-refractivity contribution in [2.45, 2.75) is 57.0 Å². The van der Waals surface area contributed by atoms with Crippen LogP contribution in [0.1, 0.15) is 45.4 Å². The predicted molar refractivity (Wildman–Crippen MR) is 59.7 cm³/mol. The number of nitrogens with one attached hydrogen (secondary N) is 1. The van der Waals surface area contributed by atoms with Crippen LogP contribution in [0.15, 0.2) is 4.99 Å². The van der Waals surface area contributed by atoms with Crippen molar-refractivity contribution in [1.29, 1.82) is 0 Å². The number of carbonyl (C=O) groups is 1. The molecule has 2 atom stereocenters. The Bertz CT molecular complexity index is 300. The minimum atomic E-state index is -0.608. The number of hydrogen-bond donors (Lipinski definition) is 2. The zero-order chi connectivity index (χ0) is 10.9. The molecule has 1 heterocycles. The summed E-state index contributed by atoms with van der Waals surface area (Å²) in [6.45, 7) is 2.13. The van der Waals surface area contributed by atoms with Gasteiger partial charge in [0.05, 0.1) is 0 Å². The number of rotatable bonds is 3. The zero-order valence-electron chi connectivity index (χ0n) is 9.25. The summed E-state index contributed by atoms with van der Waals surface area (Å²) in [5.41, 5.74) is 5.38. The molecule has 1 amide bonds. The minimum Gasteiger partial charge on any atom is -0.325 e. The fourth-order valence-corrected chi connectivity index (χ4v) is 2.46. The SMILES string of the molecule is CCCCC1=NC2(CCCC2N)C(=O)N1. The topological polar surface area (TPSA) is 67.5 Å². The highest BCUT2D eigenvalue weighted by atomic mass is 16.2. The van der Waals surface area contributed by atoms with Gasteiger partial charge in [-0.2, -0.15) is 0 Å². The molecule has 1 saturated carbocycles. The van der Waals surface area contributed by atoms with E-state index in [0.717, 1.165) is 44.4 Å². The molecule has 1 spiro atoms. The van der Waals surface area contributed by atoms with Gasteiger partial charge in [-0.05, 0) is 25.7 Å². The van der Waals surface area contributed by atoms with Gasteiger partial charge < -0.3 is 11.1 Å². The van der Waals surface area contributed by atoms with Crippen LogP contribution in [0.4, 0.5) is 0 Å². The number of amides is 1. The first-order valence-electron chi connectivity index (χ1n) is 5.85. The van der Waals surface area contributed by atoms with Gasteiger partial charge in [0.25, 0.3) is 5.91 Å². The van der Waals surface area contributed by atoms with E-state index in [1.807, 2.05) is 0 Å². The fourth-order valence-electron chi connectivity index (χ4n) is 2.46. The lowest BCUT2D eigenvalue weighted by atomic mass is 9.94. The van der Waals surface area contributed by atoms with Gasteiger partial charge in [0.1, 0.15) is 5.84 Å². The normalized spacial score (nSPS) is 34.7. The van der Waals surface area contributed by atoms with E-state index < -0.39 is 5.54 Å². The standard InChI is InChI=1S/C11H19N3O/c1-2-3-6-9-13-10(15)11(14-9)7-4-5-8(11)12/h8H,2-7,12H2,1H3,(H,13,14,15). The molecule has 0 aromatic rings. The molecule has 1 fully saturated rings. The van der Waals surface area contributed by atoms with Gasteiger partial charge >= 0.3 is 0 Å². The summed E-state index contributed by atoms with van der Waals surface area (Å²) in [5, 5.41) is 2.88. The monoisotopic (exact) mass is 209 g/mol. The van der Waals surface area contributed by atoms with E-state index in [1.54, 1.807) is 0 Å². The summed E-state index contributed by atoms with van der Waals surface area (Å²) in [7, 11) is 0. The number of unbranched alkanes of at least 4 members (excludes halogenated alkanes) is 1. The first kappa shape index (κ1) is 10.6. The molecule has 2 unspecified atom stereocenters. The summed E-state index contributed by atoms with van der Waals surface area (Å²) in [5.74, 6) is 0.873. The number of amidine groups is 1. The summed E-state index contributed by atoms with van der Waals surface area (Å²) in [6, 6.07) is -0.0865. The molecule has 2 rings (SSSR count). The van der Waals surface area contributed by atoms with Gasteiger partial charge in [0, 0.05) is 12.5 Å². The van der Waals surface area contributed by atoms with Gasteiger partial charge in [-0.3, -0.25) is 9.79 Å². The van der Waals surface area contributed by atoms with Crippen LogP contribution < -0.4 is 11.1 Å². The van der Waals surface area contributed by atoms with E-state index in [9.17, 15) is 4.79 Å². The molecule has 0 saturated heterocycles. The predicted octanol–water partition coefficient (Wildman–Crippen LogP) is 0.955. The van der Waals surface area contributed by atoms with Gasteiger partial charge in [-0.15, -0.1) is 0 Å². The molecule has 4 nitrogen and oxygen atoms in total.